The molecule has 0 unspecified atom stereocenters. The third-order valence-electron chi connectivity index (χ3n) is 5.81. The lowest BCUT2D eigenvalue weighted by molar-refractivity contribution is -0.124. The van der Waals surface area contributed by atoms with Crippen molar-refractivity contribution in [3.8, 4) is 0 Å². The molecule has 154 valence electrons. The van der Waals surface area contributed by atoms with Gasteiger partial charge >= 0.3 is 0 Å². The van der Waals surface area contributed by atoms with Gasteiger partial charge in [-0.15, -0.1) is 0 Å². The van der Waals surface area contributed by atoms with Crippen LogP contribution in [-0.2, 0) is 11.3 Å². The van der Waals surface area contributed by atoms with Crippen LogP contribution in [0.15, 0.2) is 78.9 Å². The number of hydrogen-bond acceptors (Lipinski definition) is 3. The van der Waals surface area contributed by atoms with Crippen LogP contribution in [0.5, 0.6) is 0 Å². The molecule has 1 amide bonds. The topological polar surface area (TPSA) is 44.4 Å². The summed E-state index contributed by atoms with van der Waals surface area (Å²) in [6, 6.07) is 25.5. The molecule has 0 bridgehead atoms. The van der Waals surface area contributed by atoms with Crippen LogP contribution in [0, 0.1) is 0 Å². The third-order valence-corrected chi connectivity index (χ3v) is 5.81. The molecule has 0 radical (unpaired) electrons. The van der Waals surface area contributed by atoms with E-state index >= 15 is 0 Å². The highest BCUT2D eigenvalue weighted by Gasteiger charge is 2.35. The van der Waals surface area contributed by atoms with Crippen LogP contribution in [-0.4, -0.2) is 43.0 Å². The van der Waals surface area contributed by atoms with Gasteiger partial charge in [0.25, 0.3) is 0 Å². The van der Waals surface area contributed by atoms with E-state index in [0.717, 1.165) is 26.1 Å². The van der Waals surface area contributed by atoms with Gasteiger partial charge < -0.3 is 10.6 Å². The Kier molecular flexibility index (Phi) is 6.57. The summed E-state index contributed by atoms with van der Waals surface area (Å²) in [5, 5.41) is 9.02. The summed E-state index contributed by atoms with van der Waals surface area (Å²) in [4.78, 5) is 14.7. The SMILES string of the molecule is CNC(=O)[C@@H]1C[C@H](NCc2ccc3ccccc3c2)CN1C/C=C/c1ccccc1. The second kappa shape index (κ2) is 9.70. The summed E-state index contributed by atoms with van der Waals surface area (Å²) in [5.41, 5.74) is 2.45. The summed E-state index contributed by atoms with van der Waals surface area (Å²) in [6.45, 7) is 2.44. The minimum absolute atomic E-state index is 0.0930. The van der Waals surface area contributed by atoms with Crippen LogP contribution < -0.4 is 10.6 Å². The first kappa shape index (κ1) is 20.3. The summed E-state index contributed by atoms with van der Waals surface area (Å²) in [5.74, 6) is 0.0955. The van der Waals surface area contributed by atoms with Crippen molar-refractivity contribution < 1.29 is 4.79 Å². The Morgan fingerprint density at radius 3 is 2.60 bits per heavy atom. The lowest BCUT2D eigenvalue weighted by atomic mass is 10.1. The van der Waals surface area contributed by atoms with Crippen molar-refractivity contribution in [3.05, 3.63) is 90.0 Å². The standard InChI is InChI=1S/C26H29N3O/c1-27-26(30)25-17-24(19-29(25)15-7-10-20-8-3-2-4-9-20)28-18-21-13-14-22-11-5-6-12-23(22)16-21/h2-14,16,24-25,28H,15,17-19H2,1H3,(H,27,30)/b10-7+/t24-,25-/m0/s1. The Hall–Kier alpha value is -2.95. The average molecular weight is 400 g/mol. The number of carbonyl (C=O) groups is 1. The van der Waals surface area contributed by atoms with Gasteiger partial charge in [0.1, 0.15) is 0 Å². The summed E-state index contributed by atoms with van der Waals surface area (Å²) < 4.78 is 0. The van der Waals surface area contributed by atoms with Crippen molar-refractivity contribution in [2.24, 2.45) is 0 Å². The van der Waals surface area contributed by atoms with E-state index in [1.54, 1.807) is 7.05 Å². The van der Waals surface area contributed by atoms with Crippen molar-refractivity contribution in [2.45, 2.75) is 25.0 Å². The molecule has 4 rings (SSSR count). The second-order valence-electron chi connectivity index (χ2n) is 7.89. The molecule has 1 saturated heterocycles. The summed E-state index contributed by atoms with van der Waals surface area (Å²) >= 11 is 0. The molecule has 4 nitrogen and oxygen atoms in total. The number of hydrogen-bond donors (Lipinski definition) is 2. The van der Waals surface area contributed by atoms with E-state index in [1.807, 2.05) is 18.2 Å². The van der Waals surface area contributed by atoms with Gasteiger partial charge in [0.15, 0.2) is 0 Å². The molecule has 4 heteroatoms. The van der Waals surface area contributed by atoms with Crippen LogP contribution in [0.3, 0.4) is 0 Å². The maximum absolute atomic E-state index is 12.4. The molecule has 0 saturated carbocycles. The first-order valence-electron chi connectivity index (χ1n) is 10.6. The highest BCUT2D eigenvalue weighted by molar-refractivity contribution is 5.83. The fourth-order valence-corrected chi connectivity index (χ4v) is 4.19. The Morgan fingerprint density at radius 2 is 1.80 bits per heavy atom. The van der Waals surface area contributed by atoms with E-state index in [9.17, 15) is 4.79 Å². The van der Waals surface area contributed by atoms with Gasteiger partial charge in [-0.1, -0.05) is 78.9 Å². The van der Waals surface area contributed by atoms with Gasteiger partial charge in [-0.05, 0) is 34.4 Å². The Morgan fingerprint density at radius 1 is 1.03 bits per heavy atom. The zero-order valence-corrected chi connectivity index (χ0v) is 17.4. The van der Waals surface area contributed by atoms with Crippen molar-refractivity contribution >= 4 is 22.8 Å². The van der Waals surface area contributed by atoms with E-state index in [-0.39, 0.29) is 11.9 Å². The Bertz CT molecular complexity index is 1010. The van der Waals surface area contributed by atoms with Gasteiger partial charge in [-0.2, -0.15) is 0 Å². The van der Waals surface area contributed by atoms with E-state index in [4.69, 9.17) is 0 Å². The number of carbonyl (C=O) groups excluding carboxylic acids is 1. The zero-order chi connectivity index (χ0) is 20.8. The van der Waals surface area contributed by atoms with E-state index in [2.05, 4.69) is 82.3 Å². The number of likely N-dealkylation sites (N-methyl/N-ethyl adjacent to an activating group) is 1. The molecule has 1 aliphatic rings. The number of nitrogens with one attached hydrogen (secondary N) is 2. The molecule has 2 N–H and O–H groups in total. The predicted molar refractivity (Wildman–Crippen MR) is 124 cm³/mol. The number of amides is 1. The first-order chi connectivity index (χ1) is 14.7. The largest absolute Gasteiger partial charge is 0.358 e. The van der Waals surface area contributed by atoms with Crippen LogP contribution >= 0.6 is 0 Å². The molecule has 1 aliphatic heterocycles. The van der Waals surface area contributed by atoms with Crippen LogP contribution in [0.2, 0.25) is 0 Å². The van der Waals surface area contributed by atoms with Crippen molar-refractivity contribution in [2.75, 3.05) is 20.1 Å². The Labute approximate surface area is 178 Å². The molecule has 1 fully saturated rings. The minimum Gasteiger partial charge on any atom is -0.358 e. The summed E-state index contributed by atoms with van der Waals surface area (Å²) in [7, 11) is 1.72. The molecular weight excluding hydrogens is 370 g/mol. The number of nitrogens with zero attached hydrogens (tertiary/aromatic N) is 1. The van der Waals surface area contributed by atoms with Crippen molar-refractivity contribution in [1.82, 2.24) is 15.5 Å². The van der Waals surface area contributed by atoms with Gasteiger partial charge in [0.2, 0.25) is 5.91 Å². The van der Waals surface area contributed by atoms with E-state index in [1.165, 1.54) is 21.9 Å². The zero-order valence-electron chi connectivity index (χ0n) is 17.4. The lowest BCUT2D eigenvalue weighted by Crippen LogP contribution is -2.41. The number of benzene rings is 3. The minimum atomic E-state index is -0.0930. The monoisotopic (exact) mass is 399 g/mol. The van der Waals surface area contributed by atoms with Crippen LogP contribution in [0.4, 0.5) is 0 Å². The normalized spacial score (nSPS) is 19.5. The molecule has 30 heavy (non-hydrogen) atoms. The molecular formula is C26H29N3O. The quantitative estimate of drug-likeness (QED) is 0.635. The lowest BCUT2D eigenvalue weighted by Gasteiger charge is -2.21. The molecule has 0 spiro atoms. The van der Waals surface area contributed by atoms with Crippen LogP contribution in [0.1, 0.15) is 17.5 Å². The first-order valence-corrected chi connectivity index (χ1v) is 10.6. The smallest absolute Gasteiger partial charge is 0.237 e. The van der Waals surface area contributed by atoms with E-state index < -0.39 is 0 Å². The molecule has 2 atom stereocenters. The maximum atomic E-state index is 12.4. The van der Waals surface area contributed by atoms with Crippen LogP contribution in [0.25, 0.3) is 16.8 Å². The molecule has 3 aromatic rings. The van der Waals surface area contributed by atoms with Gasteiger partial charge in [0.05, 0.1) is 6.04 Å². The number of likely N-dealkylation sites (tertiary alicyclic amines) is 1. The van der Waals surface area contributed by atoms with Gasteiger partial charge in [0, 0.05) is 32.7 Å². The Balaban J connectivity index is 1.37. The maximum Gasteiger partial charge on any atom is 0.237 e. The average Bonchev–Trinajstić information content (AvgIpc) is 3.21. The number of fused-ring (bicyclic) bond motifs is 1. The van der Waals surface area contributed by atoms with Gasteiger partial charge in [-0.25, -0.2) is 0 Å². The van der Waals surface area contributed by atoms with Crippen molar-refractivity contribution in [3.63, 3.8) is 0 Å². The fraction of sp³-hybridized carbons (Fsp3) is 0.269. The molecule has 1 heterocycles. The fourth-order valence-electron chi connectivity index (χ4n) is 4.19. The third kappa shape index (κ3) is 4.96. The highest BCUT2D eigenvalue weighted by atomic mass is 16.2. The molecule has 0 aliphatic carbocycles. The molecule has 3 aromatic carbocycles. The van der Waals surface area contributed by atoms with Gasteiger partial charge in [-0.3, -0.25) is 9.69 Å². The molecule has 0 aromatic heterocycles. The van der Waals surface area contributed by atoms with Crippen molar-refractivity contribution in [1.29, 1.82) is 0 Å². The summed E-state index contributed by atoms with van der Waals surface area (Å²) in [6.07, 6.45) is 5.10. The second-order valence-corrected chi connectivity index (χ2v) is 7.89. The predicted octanol–water partition coefficient (Wildman–Crippen LogP) is 3.83. The number of rotatable bonds is 7. The highest BCUT2D eigenvalue weighted by Crippen LogP contribution is 2.20. The van der Waals surface area contributed by atoms with E-state index in [0.29, 0.717) is 6.04 Å².